The summed E-state index contributed by atoms with van der Waals surface area (Å²) in [6.07, 6.45) is 0. The first kappa shape index (κ1) is 9.90. The highest BCUT2D eigenvalue weighted by molar-refractivity contribution is 5.76. The number of nitrogens with two attached hydrogens (primary N) is 1. The van der Waals surface area contributed by atoms with Gasteiger partial charge in [-0.2, -0.15) is 0 Å². The largest absolute Gasteiger partial charge is 0.468 e. The van der Waals surface area contributed by atoms with Crippen LogP contribution in [0.25, 0.3) is 0 Å². The summed E-state index contributed by atoms with van der Waals surface area (Å²) in [5.41, 5.74) is 5.22. The molecule has 0 bridgehead atoms. The summed E-state index contributed by atoms with van der Waals surface area (Å²) >= 11 is 0. The second-order valence-electron chi connectivity index (χ2n) is 1.93. The predicted octanol–water partition coefficient (Wildman–Crippen LogP) is -0.950. The minimum absolute atomic E-state index is 0.137. The Balaban J connectivity index is 3.60. The zero-order chi connectivity index (χ0) is 8.85. The average Bonchev–Trinajstić information content (AvgIpc) is 1.98. The van der Waals surface area contributed by atoms with Crippen LogP contribution in [-0.2, 0) is 19.1 Å². The molecule has 0 rings (SSSR count). The van der Waals surface area contributed by atoms with Crippen molar-refractivity contribution in [3.63, 3.8) is 0 Å². The molecule has 5 nitrogen and oxygen atoms in total. The van der Waals surface area contributed by atoms with Gasteiger partial charge in [0.1, 0.15) is 12.6 Å². The fraction of sp³-hybridized carbons (Fsp3) is 0.667. The van der Waals surface area contributed by atoms with E-state index in [9.17, 15) is 9.59 Å². The minimum atomic E-state index is -0.885. The molecule has 0 heterocycles. The SMILES string of the molecule is COC(=O)[C@@H](N)COC(C)=O. The minimum Gasteiger partial charge on any atom is -0.468 e. The Hall–Kier alpha value is -1.10. The summed E-state index contributed by atoms with van der Waals surface area (Å²) in [7, 11) is 1.22. The molecule has 64 valence electrons. The van der Waals surface area contributed by atoms with Gasteiger partial charge < -0.3 is 15.2 Å². The van der Waals surface area contributed by atoms with E-state index in [1.807, 2.05) is 0 Å². The molecule has 0 aromatic heterocycles. The van der Waals surface area contributed by atoms with E-state index in [4.69, 9.17) is 5.73 Å². The topological polar surface area (TPSA) is 78.6 Å². The van der Waals surface area contributed by atoms with Gasteiger partial charge in [0.15, 0.2) is 0 Å². The standard InChI is InChI=1S/C6H11NO4/c1-4(8)11-3-5(7)6(9)10-2/h5H,3,7H2,1-2H3/t5-/m0/s1. The van der Waals surface area contributed by atoms with Crippen LogP contribution in [0.2, 0.25) is 0 Å². The molecule has 0 aliphatic heterocycles. The van der Waals surface area contributed by atoms with Crippen LogP contribution in [0.4, 0.5) is 0 Å². The summed E-state index contributed by atoms with van der Waals surface area (Å²) in [5, 5.41) is 0. The third-order valence-electron chi connectivity index (χ3n) is 0.970. The molecule has 0 radical (unpaired) electrons. The zero-order valence-corrected chi connectivity index (χ0v) is 6.49. The number of carbonyl (C=O) groups is 2. The molecular weight excluding hydrogens is 150 g/mol. The summed E-state index contributed by atoms with van der Waals surface area (Å²) in [5.74, 6) is -1.06. The molecule has 0 aromatic carbocycles. The van der Waals surface area contributed by atoms with Gasteiger partial charge in [-0.05, 0) is 0 Å². The monoisotopic (exact) mass is 161 g/mol. The van der Waals surface area contributed by atoms with Crippen molar-refractivity contribution in [1.82, 2.24) is 0 Å². The number of methoxy groups -OCH3 is 1. The first-order valence-electron chi connectivity index (χ1n) is 3.04. The first-order chi connectivity index (χ1) is 5.07. The van der Waals surface area contributed by atoms with Crippen molar-refractivity contribution in [2.24, 2.45) is 5.73 Å². The van der Waals surface area contributed by atoms with Crippen molar-refractivity contribution in [2.45, 2.75) is 13.0 Å². The molecule has 5 heteroatoms. The van der Waals surface area contributed by atoms with Crippen LogP contribution in [-0.4, -0.2) is 31.7 Å². The van der Waals surface area contributed by atoms with Gasteiger partial charge in [-0.3, -0.25) is 9.59 Å². The molecule has 0 aliphatic carbocycles. The van der Waals surface area contributed by atoms with Crippen LogP contribution >= 0.6 is 0 Å². The fourth-order valence-corrected chi connectivity index (χ4v) is 0.427. The molecule has 2 N–H and O–H groups in total. The van der Waals surface area contributed by atoms with Crippen molar-refractivity contribution in [3.05, 3.63) is 0 Å². The van der Waals surface area contributed by atoms with Crippen molar-refractivity contribution in [2.75, 3.05) is 13.7 Å². The quantitative estimate of drug-likeness (QED) is 0.540. The number of hydrogen-bond donors (Lipinski definition) is 1. The number of esters is 2. The Morgan fingerprint density at radius 1 is 1.55 bits per heavy atom. The lowest BCUT2D eigenvalue weighted by molar-refractivity contribution is -0.148. The van der Waals surface area contributed by atoms with Gasteiger partial charge in [-0.25, -0.2) is 0 Å². The molecule has 1 atom stereocenters. The van der Waals surface area contributed by atoms with Crippen molar-refractivity contribution in [1.29, 1.82) is 0 Å². The smallest absolute Gasteiger partial charge is 0.326 e. The van der Waals surface area contributed by atoms with Crippen molar-refractivity contribution in [3.8, 4) is 0 Å². The summed E-state index contributed by atoms with van der Waals surface area (Å²) < 4.78 is 8.75. The summed E-state index contributed by atoms with van der Waals surface area (Å²) in [6.45, 7) is 1.10. The first-order valence-corrected chi connectivity index (χ1v) is 3.04. The van der Waals surface area contributed by atoms with Gasteiger partial charge >= 0.3 is 11.9 Å². The number of carbonyl (C=O) groups excluding carboxylic acids is 2. The van der Waals surface area contributed by atoms with E-state index < -0.39 is 18.0 Å². The zero-order valence-electron chi connectivity index (χ0n) is 6.49. The highest BCUT2D eigenvalue weighted by Gasteiger charge is 2.14. The molecule has 0 saturated heterocycles. The van der Waals surface area contributed by atoms with Gasteiger partial charge in [0.2, 0.25) is 0 Å². The van der Waals surface area contributed by atoms with E-state index in [0.29, 0.717) is 0 Å². The maximum absolute atomic E-state index is 10.6. The van der Waals surface area contributed by atoms with Crippen molar-refractivity contribution < 1.29 is 19.1 Å². The van der Waals surface area contributed by atoms with Crippen LogP contribution in [0.1, 0.15) is 6.92 Å². The van der Waals surface area contributed by atoms with Crippen LogP contribution in [0.5, 0.6) is 0 Å². The molecule has 0 unspecified atom stereocenters. The number of rotatable bonds is 3. The third kappa shape index (κ3) is 4.32. The Morgan fingerprint density at radius 3 is 2.45 bits per heavy atom. The molecule has 0 aliphatic rings. The highest BCUT2D eigenvalue weighted by Crippen LogP contribution is 1.85. The molecule has 11 heavy (non-hydrogen) atoms. The predicted molar refractivity (Wildman–Crippen MR) is 36.6 cm³/mol. The molecular formula is C6H11NO4. The van der Waals surface area contributed by atoms with Crippen LogP contribution in [0.15, 0.2) is 0 Å². The Morgan fingerprint density at radius 2 is 2.09 bits per heavy atom. The number of hydrogen-bond acceptors (Lipinski definition) is 5. The normalized spacial score (nSPS) is 11.9. The Kier molecular flexibility index (Phi) is 4.21. The Bertz CT molecular complexity index is 157. The van der Waals surface area contributed by atoms with E-state index in [1.165, 1.54) is 14.0 Å². The lowest BCUT2D eigenvalue weighted by Crippen LogP contribution is -2.36. The lowest BCUT2D eigenvalue weighted by Gasteiger charge is -2.07. The molecule has 0 fully saturated rings. The molecule has 0 aromatic rings. The van der Waals surface area contributed by atoms with Gasteiger partial charge in [-0.15, -0.1) is 0 Å². The van der Waals surface area contributed by atoms with E-state index in [2.05, 4.69) is 9.47 Å². The molecule has 0 amide bonds. The van der Waals surface area contributed by atoms with Crippen LogP contribution < -0.4 is 5.73 Å². The van der Waals surface area contributed by atoms with E-state index in [1.54, 1.807) is 0 Å². The maximum Gasteiger partial charge on any atom is 0.326 e. The van der Waals surface area contributed by atoms with Gasteiger partial charge in [0, 0.05) is 6.92 Å². The molecule has 0 saturated carbocycles. The average molecular weight is 161 g/mol. The van der Waals surface area contributed by atoms with E-state index in [-0.39, 0.29) is 6.61 Å². The number of ether oxygens (including phenoxy) is 2. The Labute approximate surface area is 64.5 Å². The van der Waals surface area contributed by atoms with E-state index in [0.717, 1.165) is 0 Å². The second kappa shape index (κ2) is 4.68. The maximum atomic E-state index is 10.6. The van der Waals surface area contributed by atoms with E-state index >= 15 is 0 Å². The van der Waals surface area contributed by atoms with Gasteiger partial charge in [0.25, 0.3) is 0 Å². The summed E-state index contributed by atoms with van der Waals surface area (Å²) in [6, 6.07) is -0.885. The lowest BCUT2D eigenvalue weighted by atomic mass is 10.3. The summed E-state index contributed by atoms with van der Waals surface area (Å²) in [4.78, 5) is 20.8. The third-order valence-corrected chi connectivity index (χ3v) is 0.970. The molecule has 0 spiro atoms. The fourth-order valence-electron chi connectivity index (χ4n) is 0.427. The van der Waals surface area contributed by atoms with Gasteiger partial charge in [0.05, 0.1) is 7.11 Å². The van der Waals surface area contributed by atoms with Gasteiger partial charge in [-0.1, -0.05) is 0 Å². The van der Waals surface area contributed by atoms with Crippen molar-refractivity contribution >= 4 is 11.9 Å². The second-order valence-corrected chi connectivity index (χ2v) is 1.93. The van der Waals surface area contributed by atoms with Crippen LogP contribution in [0.3, 0.4) is 0 Å². The van der Waals surface area contributed by atoms with Crippen LogP contribution in [0, 0.1) is 0 Å². The highest BCUT2D eigenvalue weighted by atomic mass is 16.5.